The third kappa shape index (κ3) is 2.34. The molecule has 4 saturated carbocycles. The minimum atomic E-state index is -0.534. The number of hydrogen-bond acceptors (Lipinski definition) is 3. The van der Waals surface area contributed by atoms with Crippen LogP contribution >= 0.6 is 0 Å². The van der Waals surface area contributed by atoms with Gasteiger partial charge in [-0.05, 0) is 98.2 Å². The third-order valence-corrected chi connectivity index (χ3v) is 9.36. The molecule has 0 aromatic heterocycles. The highest BCUT2D eigenvalue weighted by molar-refractivity contribution is 5.10. The fourth-order valence-corrected chi connectivity index (χ4v) is 8.04. The maximum atomic E-state index is 10.3. The molecule has 4 fully saturated rings. The smallest absolute Gasteiger partial charge is 0.0804 e. The van der Waals surface area contributed by atoms with Crippen molar-refractivity contribution in [2.24, 2.45) is 40.4 Å². The second-order valence-electron chi connectivity index (χ2n) is 10.1. The normalized spacial score (nSPS) is 55.4. The van der Waals surface area contributed by atoms with E-state index in [2.05, 4.69) is 13.8 Å². The van der Waals surface area contributed by atoms with Crippen LogP contribution in [0, 0.1) is 40.4 Å². The Morgan fingerprint density at radius 2 is 1.62 bits per heavy atom. The Balaban J connectivity index is 1.59. The lowest BCUT2D eigenvalue weighted by Gasteiger charge is -2.61. The van der Waals surface area contributed by atoms with E-state index >= 15 is 0 Å². The molecular formula is C21H36O3. The van der Waals surface area contributed by atoms with Gasteiger partial charge in [0.05, 0.1) is 18.8 Å². The Kier molecular flexibility index (Phi) is 4.29. The summed E-state index contributed by atoms with van der Waals surface area (Å²) < 4.78 is 0. The summed E-state index contributed by atoms with van der Waals surface area (Å²) in [6.07, 6.45) is 10.0. The van der Waals surface area contributed by atoms with E-state index in [9.17, 15) is 15.3 Å². The van der Waals surface area contributed by atoms with Crippen molar-refractivity contribution in [2.75, 3.05) is 6.61 Å². The lowest BCUT2D eigenvalue weighted by molar-refractivity contribution is -0.134. The van der Waals surface area contributed by atoms with E-state index in [-0.39, 0.29) is 24.0 Å². The molecule has 3 N–H and O–H groups in total. The van der Waals surface area contributed by atoms with Crippen LogP contribution in [0.4, 0.5) is 0 Å². The first-order chi connectivity index (χ1) is 11.4. The highest BCUT2D eigenvalue weighted by Crippen LogP contribution is 2.67. The Hall–Kier alpha value is -0.120. The lowest BCUT2D eigenvalue weighted by atomic mass is 9.44. The van der Waals surface area contributed by atoms with Crippen molar-refractivity contribution in [2.45, 2.75) is 83.8 Å². The molecule has 4 aliphatic rings. The van der Waals surface area contributed by atoms with Gasteiger partial charge >= 0.3 is 0 Å². The van der Waals surface area contributed by atoms with Gasteiger partial charge in [0.1, 0.15) is 0 Å². The number of aliphatic hydroxyl groups excluding tert-OH is 3. The van der Waals surface area contributed by atoms with Crippen molar-refractivity contribution in [3.05, 3.63) is 0 Å². The highest BCUT2D eigenvalue weighted by Gasteiger charge is 2.60. The minimum absolute atomic E-state index is 0.0657. The van der Waals surface area contributed by atoms with Gasteiger partial charge in [0.25, 0.3) is 0 Å². The Labute approximate surface area is 146 Å². The van der Waals surface area contributed by atoms with Crippen molar-refractivity contribution in [1.29, 1.82) is 0 Å². The van der Waals surface area contributed by atoms with E-state index in [0.29, 0.717) is 11.3 Å². The average molecular weight is 337 g/mol. The molecule has 0 aromatic rings. The Morgan fingerprint density at radius 3 is 2.38 bits per heavy atom. The van der Waals surface area contributed by atoms with Crippen LogP contribution in [-0.4, -0.2) is 34.1 Å². The van der Waals surface area contributed by atoms with Crippen LogP contribution in [0.3, 0.4) is 0 Å². The fourth-order valence-electron chi connectivity index (χ4n) is 8.04. The van der Waals surface area contributed by atoms with Crippen molar-refractivity contribution in [1.82, 2.24) is 0 Å². The van der Waals surface area contributed by atoms with Crippen LogP contribution in [0.5, 0.6) is 0 Å². The van der Waals surface area contributed by atoms with Crippen molar-refractivity contribution in [3.8, 4) is 0 Å². The van der Waals surface area contributed by atoms with E-state index in [0.717, 1.165) is 37.0 Å². The summed E-state index contributed by atoms with van der Waals surface area (Å²) in [5.41, 5.74) is 0.651. The van der Waals surface area contributed by atoms with E-state index in [4.69, 9.17) is 0 Å². The Morgan fingerprint density at radius 1 is 0.917 bits per heavy atom. The van der Waals surface area contributed by atoms with Gasteiger partial charge in [0.15, 0.2) is 0 Å². The third-order valence-electron chi connectivity index (χ3n) is 9.36. The summed E-state index contributed by atoms with van der Waals surface area (Å²) in [5, 5.41) is 29.9. The highest BCUT2D eigenvalue weighted by atomic mass is 16.3. The predicted molar refractivity (Wildman–Crippen MR) is 94.3 cm³/mol. The van der Waals surface area contributed by atoms with Gasteiger partial charge in [0, 0.05) is 0 Å². The van der Waals surface area contributed by atoms with Gasteiger partial charge < -0.3 is 15.3 Å². The average Bonchev–Trinajstić information content (AvgIpc) is 2.92. The zero-order chi connectivity index (χ0) is 17.1. The SMILES string of the molecule is C[C@]12CC[C@@H](O)C[C@H]1CC[C@@H]1[C@@H]2CC[C@]2(C)[C@@H]([C@H](O)CO)CC[C@@H]12. The van der Waals surface area contributed by atoms with E-state index in [1.165, 1.54) is 38.5 Å². The van der Waals surface area contributed by atoms with E-state index in [1.54, 1.807) is 0 Å². The molecular weight excluding hydrogens is 300 g/mol. The summed E-state index contributed by atoms with van der Waals surface area (Å²) in [6.45, 7) is 4.85. The second-order valence-corrected chi connectivity index (χ2v) is 10.1. The van der Waals surface area contributed by atoms with Gasteiger partial charge in [-0.25, -0.2) is 0 Å². The topological polar surface area (TPSA) is 60.7 Å². The molecule has 9 atom stereocenters. The molecule has 0 aromatic carbocycles. The number of rotatable bonds is 2. The first kappa shape index (κ1) is 17.3. The largest absolute Gasteiger partial charge is 0.394 e. The molecule has 0 bridgehead atoms. The molecule has 0 saturated heterocycles. The van der Waals surface area contributed by atoms with Crippen LogP contribution in [0.25, 0.3) is 0 Å². The molecule has 4 aliphatic carbocycles. The first-order valence-corrected chi connectivity index (χ1v) is 10.4. The zero-order valence-corrected chi connectivity index (χ0v) is 15.5. The molecule has 0 aliphatic heterocycles. The summed E-state index contributed by atoms with van der Waals surface area (Å²) >= 11 is 0. The molecule has 0 unspecified atom stereocenters. The van der Waals surface area contributed by atoms with Gasteiger partial charge in [-0.3, -0.25) is 0 Å². The lowest BCUT2D eigenvalue weighted by Crippen LogP contribution is -2.54. The maximum Gasteiger partial charge on any atom is 0.0804 e. The minimum Gasteiger partial charge on any atom is -0.394 e. The molecule has 4 rings (SSSR count). The number of hydrogen-bond donors (Lipinski definition) is 3. The Bertz CT molecular complexity index is 480. The van der Waals surface area contributed by atoms with E-state index < -0.39 is 6.10 Å². The van der Waals surface area contributed by atoms with Crippen LogP contribution in [-0.2, 0) is 0 Å². The summed E-state index contributed by atoms with van der Waals surface area (Å²) in [7, 11) is 0. The molecule has 3 heteroatoms. The van der Waals surface area contributed by atoms with Crippen molar-refractivity contribution < 1.29 is 15.3 Å². The molecule has 138 valence electrons. The van der Waals surface area contributed by atoms with Gasteiger partial charge in [-0.2, -0.15) is 0 Å². The first-order valence-electron chi connectivity index (χ1n) is 10.4. The van der Waals surface area contributed by atoms with E-state index in [1.807, 2.05) is 0 Å². The van der Waals surface area contributed by atoms with Gasteiger partial charge in [-0.1, -0.05) is 13.8 Å². The summed E-state index contributed by atoms with van der Waals surface area (Å²) in [5.74, 6) is 3.34. The van der Waals surface area contributed by atoms with Crippen LogP contribution in [0.2, 0.25) is 0 Å². The number of fused-ring (bicyclic) bond motifs is 5. The predicted octanol–water partition coefficient (Wildman–Crippen LogP) is 3.36. The van der Waals surface area contributed by atoms with Crippen molar-refractivity contribution >= 4 is 0 Å². The maximum absolute atomic E-state index is 10.3. The standard InChI is InChI=1S/C21H36O3/c1-20-9-7-14(23)11-13(20)3-4-15-16-5-6-18(19(24)12-22)21(16,2)10-8-17(15)20/h13-19,22-24H,3-12H2,1-2H3/t13-,14-,15+,16+,17+,18-,19-,20+,21+/m1/s1. The molecule has 0 heterocycles. The van der Waals surface area contributed by atoms with Crippen molar-refractivity contribution in [3.63, 3.8) is 0 Å². The fraction of sp³-hybridized carbons (Fsp3) is 1.00. The molecule has 3 nitrogen and oxygen atoms in total. The van der Waals surface area contributed by atoms with Crippen LogP contribution in [0.1, 0.15) is 71.6 Å². The molecule has 24 heavy (non-hydrogen) atoms. The quantitative estimate of drug-likeness (QED) is 0.724. The monoisotopic (exact) mass is 336 g/mol. The molecule has 0 radical (unpaired) electrons. The molecule has 0 spiro atoms. The second kappa shape index (κ2) is 5.96. The van der Waals surface area contributed by atoms with Crippen LogP contribution < -0.4 is 0 Å². The van der Waals surface area contributed by atoms with Gasteiger partial charge in [0.2, 0.25) is 0 Å². The zero-order valence-electron chi connectivity index (χ0n) is 15.5. The summed E-state index contributed by atoms with van der Waals surface area (Å²) in [6, 6.07) is 0. The molecule has 0 amide bonds. The van der Waals surface area contributed by atoms with Gasteiger partial charge in [-0.15, -0.1) is 0 Å². The van der Waals surface area contributed by atoms with Crippen LogP contribution in [0.15, 0.2) is 0 Å². The number of aliphatic hydroxyl groups is 3. The summed E-state index contributed by atoms with van der Waals surface area (Å²) in [4.78, 5) is 0.